The maximum absolute atomic E-state index is 13.7. The third-order valence-electron chi connectivity index (χ3n) is 6.09. The molecule has 0 aliphatic heterocycles. The molecule has 2 aromatic carbocycles. The second-order valence-electron chi connectivity index (χ2n) is 11.6. The van der Waals surface area contributed by atoms with Crippen LogP contribution in [0.1, 0.15) is 12.8 Å². The van der Waals surface area contributed by atoms with Crippen molar-refractivity contribution in [1.29, 1.82) is 0 Å². The largest absolute Gasteiger partial charge is 4.00 e. The van der Waals surface area contributed by atoms with Crippen molar-refractivity contribution in [3.63, 3.8) is 0 Å². The molecule has 0 N–H and O–H groups in total. The Morgan fingerprint density at radius 2 is 1.00 bits per heavy atom. The number of methoxy groups -OCH3 is 2. The molecule has 45 heavy (non-hydrogen) atoms. The maximum atomic E-state index is 13.7. The van der Waals surface area contributed by atoms with Crippen molar-refractivity contribution in [1.82, 2.24) is 0 Å². The van der Waals surface area contributed by atoms with E-state index in [9.17, 15) is 17.6 Å². The quantitative estimate of drug-likeness (QED) is 0.141. The number of hydrogen-bond acceptors (Lipinski definition) is 4. The average molecular weight is 695 g/mol. The molecule has 244 valence electrons. The molecule has 2 aromatic rings. The number of halogens is 4. The van der Waals surface area contributed by atoms with E-state index in [1.165, 1.54) is 24.3 Å². The predicted octanol–water partition coefficient (Wildman–Crippen LogP) is 8.71. The van der Waals surface area contributed by atoms with Crippen LogP contribution >= 0.6 is 0 Å². The van der Waals surface area contributed by atoms with Crippen LogP contribution in [-0.4, -0.2) is 57.0 Å². The summed E-state index contributed by atoms with van der Waals surface area (Å²) in [5.41, 5.74) is 0.810. The van der Waals surface area contributed by atoms with E-state index in [1.54, 1.807) is 14.2 Å². The molecule has 0 amide bonds. The van der Waals surface area contributed by atoms with E-state index in [-0.39, 0.29) is 21.7 Å². The molecule has 0 aromatic heterocycles. The Labute approximate surface area is 285 Å². The van der Waals surface area contributed by atoms with E-state index in [1.807, 2.05) is 33.4 Å². The van der Waals surface area contributed by atoms with Gasteiger partial charge in [0.2, 0.25) is 0 Å². The van der Waals surface area contributed by atoms with Crippen molar-refractivity contribution in [2.75, 3.05) is 49.7 Å². The van der Waals surface area contributed by atoms with Crippen molar-refractivity contribution in [2.45, 2.75) is 52.1 Å². The molecule has 0 atom stereocenters. The van der Waals surface area contributed by atoms with Gasteiger partial charge in [-0.15, -0.1) is 49.2 Å². The minimum atomic E-state index is -1.74. The second kappa shape index (κ2) is 22.3. The van der Waals surface area contributed by atoms with Crippen molar-refractivity contribution in [2.24, 2.45) is 0 Å². The molecule has 0 saturated carbocycles. The van der Waals surface area contributed by atoms with Gasteiger partial charge in [0, 0.05) is 50.6 Å². The third kappa shape index (κ3) is 17.3. The van der Waals surface area contributed by atoms with Gasteiger partial charge in [-0.2, -0.15) is 12.2 Å². The summed E-state index contributed by atoms with van der Waals surface area (Å²) in [6.07, 6.45) is 20.0. The van der Waals surface area contributed by atoms with Gasteiger partial charge in [-0.1, -0.05) is 39.3 Å². The van der Waals surface area contributed by atoms with Gasteiger partial charge in [0.15, 0.2) is 0 Å². The zero-order chi connectivity index (χ0) is 33.2. The molecule has 0 unspecified atom stereocenters. The van der Waals surface area contributed by atoms with Crippen molar-refractivity contribution in [3.05, 3.63) is 108 Å². The van der Waals surface area contributed by atoms with E-state index < -0.39 is 39.7 Å². The van der Waals surface area contributed by atoms with Crippen LogP contribution in [0, 0.1) is 47.6 Å². The number of ether oxygens (including phenoxy) is 2. The van der Waals surface area contributed by atoms with Crippen LogP contribution in [0.15, 0.2) is 60.7 Å². The number of allylic oxidation sites excluding steroid dienone is 8. The summed E-state index contributed by atoms with van der Waals surface area (Å²) in [4.78, 5) is 0. The Morgan fingerprint density at radius 3 is 1.20 bits per heavy atom. The van der Waals surface area contributed by atoms with Gasteiger partial charge in [0.25, 0.3) is 0 Å². The summed E-state index contributed by atoms with van der Waals surface area (Å²) in [7, 11) is -0.272. The van der Waals surface area contributed by atoms with E-state index in [2.05, 4.69) is 75.7 Å². The standard InChI is InChI=1S/2C12H18F2NOSi.2C5H5.Ti/c2*1-16-8-7-15(17(2,3)4)12-6-5-10(13)9-11(12)14;2*1-2-4-5-3-1;/h2*5-6H,7-8H2,1-4H3;2*1-3H,4H2;/q4*-1;+4. The van der Waals surface area contributed by atoms with Crippen molar-refractivity contribution >= 4 is 27.8 Å². The third-order valence-corrected chi connectivity index (χ3v) is 10.3. The summed E-state index contributed by atoms with van der Waals surface area (Å²) in [5, 5.41) is 0. The van der Waals surface area contributed by atoms with E-state index in [4.69, 9.17) is 9.47 Å². The van der Waals surface area contributed by atoms with Crippen molar-refractivity contribution < 1.29 is 48.8 Å². The van der Waals surface area contributed by atoms with Gasteiger partial charge < -0.3 is 18.6 Å². The molecule has 0 heterocycles. The van der Waals surface area contributed by atoms with Crippen LogP contribution in [0.3, 0.4) is 0 Å². The van der Waals surface area contributed by atoms with E-state index in [0.717, 1.165) is 12.8 Å². The first kappa shape index (κ1) is 42.8. The average Bonchev–Trinajstić information content (AvgIpc) is 3.70. The zero-order valence-electron chi connectivity index (χ0n) is 27.7. The predicted molar refractivity (Wildman–Crippen MR) is 179 cm³/mol. The number of benzene rings is 2. The molecular weight excluding hydrogens is 648 g/mol. The zero-order valence-corrected chi connectivity index (χ0v) is 31.3. The van der Waals surface area contributed by atoms with Gasteiger partial charge >= 0.3 is 21.7 Å². The molecule has 0 saturated heterocycles. The molecule has 2 aliphatic rings. The Bertz CT molecular complexity index is 1130. The molecule has 11 heteroatoms. The number of rotatable bonds is 10. The Hall–Kier alpha value is -2.21. The Morgan fingerprint density at radius 1 is 0.644 bits per heavy atom. The van der Waals surface area contributed by atoms with Crippen LogP contribution in [0.4, 0.5) is 28.9 Å². The van der Waals surface area contributed by atoms with Crippen LogP contribution in [-0.2, 0) is 31.2 Å². The van der Waals surface area contributed by atoms with E-state index >= 15 is 0 Å². The fraction of sp³-hybridized carbons (Fsp3) is 0.412. The van der Waals surface area contributed by atoms with Crippen LogP contribution in [0.5, 0.6) is 0 Å². The van der Waals surface area contributed by atoms with Gasteiger partial charge in [-0.05, 0) is 11.4 Å². The second-order valence-corrected chi connectivity index (χ2v) is 21.4. The van der Waals surface area contributed by atoms with Gasteiger partial charge in [0.05, 0.1) is 13.2 Å². The topological polar surface area (TPSA) is 24.9 Å². The molecule has 0 fully saturated rings. The van der Waals surface area contributed by atoms with Gasteiger partial charge in [-0.3, -0.25) is 12.2 Å². The number of hydrogen-bond donors (Lipinski definition) is 0. The minimum absolute atomic E-state index is 0. The maximum Gasteiger partial charge on any atom is 4.00 e. The van der Waals surface area contributed by atoms with Crippen LogP contribution in [0.25, 0.3) is 0 Å². The van der Waals surface area contributed by atoms with Crippen molar-refractivity contribution in [3.8, 4) is 0 Å². The summed E-state index contributed by atoms with van der Waals surface area (Å²) in [5.74, 6) is -2.62. The summed E-state index contributed by atoms with van der Waals surface area (Å²) in [6.45, 7) is 14.8. The normalized spacial score (nSPS) is 12.7. The first-order valence-electron chi connectivity index (χ1n) is 14.4. The molecule has 0 radical (unpaired) electrons. The van der Waals surface area contributed by atoms with Gasteiger partial charge in [-0.25, -0.2) is 41.9 Å². The van der Waals surface area contributed by atoms with E-state index in [0.29, 0.717) is 37.7 Å². The Balaban J connectivity index is 0.000000644. The van der Waals surface area contributed by atoms with Crippen LogP contribution < -0.4 is 9.13 Å². The summed E-state index contributed by atoms with van der Waals surface area (Å²) < 4.78 is 67.1. The number of anilines is 2. The smallest absolute Gasteiger partial charge is 0.447 e. The SMILES string of the molecule is COCCN(c1ccc(F)[c-]c1F)[Si](C)(C)C.COCCN(c1ccc(F)[c-]c1F)[Si](C)(C)C.[C-]1=CC=CC1.[C-]1=CC=CC1.[Ti+4]. The summed E-state index contributed by atoms with van der Waals surface area (Å²) >= 11 is 0. The first-order valence-corrected chi connectivity index (χ1v) is 21.3. The Kier molecular flexibility index (Phi) is 21.2. The number of nitrogens with zero attached hydrogens (tertiary/aromatic N) is 2. The monoisotopic (exact) mass is 694 g/mol. The van der Waals surface area contributed by atoms with Gasteiger partial charge in [0.1, 0.15) is 16.5 Å². The molecule has 4 rings (SSSR count). The molecule has 0 spiro atoms. The molecular formula is C34H46F4N2O2Si2Ti. The molecule has 0 bridgehead atoms. The minimum Gasteiger partial charge on any atom is -0.447 e. The van der Waals surface area contributed by atoms with Crippen LogP contribution in [0.2, 0.25) is 39.3 Å². The fourth-order valence-electron chi connectivity index (χ4n) is 3.97. The summed E-state index contributed by atoms with van der Waals surface area (Å²) in [6, 6.07) is 9.55. The molecule has 2 aliphatic carbocycles. The fourth-order valence-corrected chi connectivity index (χ4v) is 7.28. The first-order chi connectivity index (χ1) is 20.7. The molecule has 4 nitrogen and oxygen atoms in total.